The van der Waals surface area contributed by atoms with Crippen LogP contribution in [0.15, 0.2) is 59.5 Å². The lowest BCUT2D eigenvalue weighted by atomic mass is 10.2. The second kappa shape index (κ2) is 8.86. The van der Waals surface area contributed by atoms with E-state index in [1.165, 1.54) is 24.3 Å². The number of aliphatic carboxylic acids is 1. The molecule has 0 fully saturated rings. The molecule has 0 bridgehead atoms. The number of anilines is 1. The van der Waals surface area contributed by atoms with Gasteiger partial charge in [0.05, 0.1) is 22.7 Å². The summed E-state index contributed by atoms with van der Waals surface area (Å²) in [4.78, 5) is 23.4. The number of benzene rings is 2. The number of halogens is 1. The van der Waals surface area contributed by atoms with Crippen LogP contribution in [0, 0.1) is 11.3 Å². The number of nitrogens with zero attached hydrogens (tertiary/aromatic N) is 3. The average Bonchev–Trinajstić information content (AvgIpc) is 3.04. The number of amides is 2. The van der Waals surface area contributed by atoms with Gasteiger partial charge in [-0.3, -0.25) is 10.1 Å². The summed E-state index contributed by atoms with van der Waals surface area (Å²) in [7, 11) is -4.23. The number of carboxylic acids is 1. The Kier molecular flexibility index (Phi) is 6.24. The number of carbonyl (C=O) groups is 2. The molecule has 0 radical (unpaired) electrons. The molecule has 12 heteroatoms. The van der Waals surface area contributed by atoms with Gasteiger partial charge >= 0.3 is 12.0 Å². The van der Waals surface area contributed by atoms with E-state index in [-0.39, 0.29) is 22.0 Å². The Labute approximate surface area is 181 Å². The maximum absolute atomic E-state index is 12.5. The van der Waals surface area contributed by atoms with E-state index >= 15 is 0 Å². The number of rotatable bonds is 6. The van der Waals surface area contributed by atoms with Gasteiger partial charge in [-0.1, -0.05) is 29.8 Å². The minimum Gasteiger partial charge on any atom is -0.481 e. The van der Waals surface area contributed by atoms with Crippen LogP contribution in [0.25, 0.3) is 5.69 Å². The SMILES string of the molecule is N#Cc1c(CC(=O)O)nn(-c2ccccc2)c1NC(=O)NS(=O)(=O)c1ccc(Cl)cc1. The topological polar surface area (TPSA) is 154 Å². The Morgan fingerprint density at radius 3 is 2.35 bits per heavy atom. The summed E-state index contributed by atoms with van der Waals surface area (Å²) in [5.41, 5.74) is 0.131. The first-order chi connectivity index (χ1) is 14.7. The lowest BCUT2D eigenvalue weighted by Crippen LogP contribution is -2.35. The first kappa shape index (κ1) is 21.8. The van der Waals surface area contributed by atoms with Crippen molar-refractivity contribution >= 4 is 39.4 Å². The highest BCUT2D eigenvalue weighted by Gasteiger charge is 2.24. The van der Waals surface area contributed by atoms with E-state index in [2.05, 4.69) is 10.4 Å². The monoisotopic (exact) mass is 459 g/mol. The summed E-state index contributed by atoms with van der Waals surface area (Å²) in [6, 6.07) is 14.1. The van der Waals surface area contributed by atoms with E-state index in [1.807, 2.05) is 10.8 Å². The van der Waals surface area contributed by atoms with Crippen molar-refractivity contribution in [2.75, 3.05) is 5.32 Å². The van der Waals surface area contributed by atoms with Gasteiger partial charge in [-0.15, -0.1) is 0 Å². The fraction of sp³-hybridized carbons (Fsp3) is 0.0526. The van der Waals surface area contributed by atoms with Crippen molar-refractivity contribution in [1.29, 1.82) is 5.26 Å². The second-order valence-electron chi connectivity index (χ2n) is 6.11. The van der Waals surface area contributed by atoms with Gasteiger partial charge in [0.2, 0.25) is 0 Å². The Morgan fingerprint density at radius 1 is 1.13 bits per heavy atom. The molecule has 31 heavy (non-hydrogen) atoms. The van der Waals surface area contributed by atoms with Crippen LogP contribution < -0.4 is 10.0 Å². The minimum absolute atomic E-state index is 0.0882. The summed E-state index contributed by atoms with van der Waals surface area (Å²) in [5.74, 6) is -1.40. The van der Waals surface area contributed by atoms with Crippen LogP contribution in [-0.4, -0.2) is 35.3 Å². The van der Waals surface area contributed by atoms with Gasteiger partial charge in [-0.25, -0.2) is 22.6 Å². The summed E-state index contributed by atoms with van der Waals surface area (Å²) in [6.07, 6.45) is -0.567. The molecule has 10 nitrogen and oxygen atoms in total. The van der Waals surface area contributed by atoms with Crippen molar-refractivity contribution in [1.82, 2.24) is 14.5 Å². The molecule has 2 amide bonds. The number of sulfonamides is 1. The van der Waals surface area contributed by atoms with Gasteiger partial charge in [0.1, 0.15) is 11.6 Å². The molecule has 158 valence electrons. The van der Waals surface area contributed by atoms with Gasteiger partial charge in [0.15, 0.2) is 5.82 Å². The van der Waals surface area contributed by atoms with E-state index in [0.717, 1.165) is 4.68 Å². The molecular weight excluding hydrogens is 446 g/mol. The molecule has 3 aromatic rings. The van der Waals surface area contributed by atoms with Crippen molar-refractivity contribution in [3.8, 4) is 11.8 Å². The Bertz CT molecular complexity index is 1280. The highest BCUT2D eigenvalue weighted by Crippen LogP contribution is 2.24. The largest absolute Gasteiger partial charge is 0.481 e. The van der Waals surface area contributed by atoms with Crippen LogP contribution in [0.5, 0.6) is 0 Å². The van der Waals surface area contributed by atoms with Crippen LogP contribution in [0.3, 0.4) is 0 Å². The first-order valence-corrected chi connectivity index (χ1v) is 10.5. The van der Waals surface area contributed by atoms with Crippen LogP contribution in [-0.2, 0) is 21.2 Å². The van der Waals surface area contributed by atoms with Gasteiger partial charge in [0.25, 0.3) is 10.0 Å². The lowest BCUT2D eigenvalue weighted by Gasteiger charge is -2.11. The maximum Gasteiger partial charge on any atom is 0.334 e. The summed E-state index contributed by atoms with van der Waals surface area (Å²) in [5, 5.41) is 25.3. The first-order valence-electron chi connectivity index (χ1n) is 8.60. The number of carbonyl (C=O) groups excluding carboxylic acids is 1. The second-order valence-corrected chi connectivity index (χ2v) is 8.23. The zero-order chi connectivity index (χ0) is 22.6. The van der Waals surface area contributed by atoms with E-state index in [0.29, 0.717) is 10.7 Å². The lowest BCUT2D eigenvalue weighted by molar-refractivity contribution is -0.136. The standard InChI is InChI=1S/C19H14ClN5O5S/c20-12-6-8-14(9-7-12)31(29,30)24-19(28)22-18-15(11-21)16(10-17(26)27)23-25(18)13-4-2-1-3-5-13/h1-9H,10H2,(H,26,27)(H2,22,24,28). The molecular formula is C19H14ClN5O5S. The maximum atomic E-state index is 12.5. The van der Waals surface area contributed by atoms with Gasteiger partial charge in [-0.2, -0.15) is 10.4 Å². The molecule has 0 saturated carbocycles. The average molecular weight is 460 g/mol. The minimum atomic E-state index is -4.23. The Morgan fingerprint density at radius 2 is 1.77 bits per heavy atom. The quantitative estimate of drug-likeness (QED) is 0.511. The van der Waals surface area contributed by atoms with Crippen molar-refractivity contribution in [2.45, 2.75) is 11.3 Å². The van der Waals surface area contributed by atoms with E-state index in [9.17, 15) is 23.3 Å². The number of aromatic nitrogens is 2. The van der Waals surface area contributed by atoms with Gasteiger partial charge in [0, 0.05) is 5.02 Å². The zero-order valence-corrected chi connectivity index (χ0v) is 17.2. The molecule has 0 aliphatic rings. The van der Waals surface area contributed by atoms with E-state index in [4.69, 9.17) is 16.7 Å². The molecule has 2 aromatic carbocycles. The van der Waals surface area contributed by atoms with Crippen molar-refractivity contribution < 1.29 is 23.1 Å². The molecule has 3 N–H and O–H groups in total. The van der Waals surface area contributed by atoms with Gasteiger partial charge in [-0.05, 0) is 36.4 Å². The number of hydrogen-bond acceptors (Lipinski definition) is 6. The Hall–Kier alpha value is -3.88. The van der Waals surface area contributed by atoms with Crippen LogP contribution >= 0.6 is 11.6 Å². The molecule has 0 atom stereocenters. The molecule has 0 aliphatic carbocycles. The normalized spacial score (nSPS) is 10.8. The molecule has 0 unspecified atom stereocenters. The number of nitrogens with one attached hydrogen (secondary N) is 2. The van der Waals surface area contributed by atoms with Crippen molar-refractivity contribution in [2.24, 2.45) is 0 Å². The number of para-hydroxylation sites is 1. The fourth-order valence-corrected chi connectivity index (χ4v) is 3.68. The number of carboxylic acid groups (broad SMARTS) is 1. The third kappa shape index (κ3) is 5.00. The van der Waals surface area contributed by atoms with Crippen LogP contribution in [0.1, 0.15) is 11.3 Å². The van der Waals surface area contributed by atoms with Crippen LogP contribution in [0.4, 0.5) is 10.6 Å². The highest BCUT2D eigenvalue weighted by molar-refractivity contribution is 7.90. The highest BCUT2D eigenvalue weighted by atomic mass is 35.5. The summed E-state index contributed by atoms with van der Waals surface area (Å²) >= 11 is 5.75. The van der Waals surface area contributed by atoms with E-state index < -0.39 is 28.4 Å². The molecule has 0 spiro atoms. The summed E-state index contributed by atoms with van der Waals surface area (Å²) in [6.45, 7) is 0. The number of urea groups is 1. The molecule has 3 rings (SSSR count). The Balaban J connectivity index is 1.96. The van der Waals surface area contributed by atoms with Crippen molar-refractivity contribution in [3.63, 3.8) is 0 Å². The zero-order valence-electron chi connectivity index (χ0n) is 15.6. The number of hydrogen-bond donors (Lipinski definition) is 3. The molecule has 0 aliphatic heterocycles. The molecule has 1 heterocycles. The van der Waals surface area contributed by atoms with E-state index in [1.54, 1.807) is 30.3 Å². The fourth-order valence-electron chi connectivity index (χ4n) is 2.65. The smallest absolute Gasteiger partial charge is 0.334 e. The predicted molar refractivity (Wildman–Crippen MR) is 110 cm³/mol. The molecule has 1 aromatic heterocycles. The number of nitriles is 1. The van der Waals surface area contributed by atoms with Crippen molar-refractivity contribution in [3.05, 3.63) is 70.9 Å². The van der Waals surface area contributed by atoms with Gasteiger partial charge < -0.3 is 5.11 Å². The third-order valence-corrected chi connectivity index (χ3v) is 5.57. The van der Waals surface area contributed by atoms with Crippen LogP contribution in [0.2, 0.25) is 5.02 Å². The third-order valence-electron chi connectivity index (χ3n) is 3.97. The predicted octanol–water partition coefficient (Wildman–Crippen LogP) is 2.53. The summed E-state index contributed by atoms with van der Waals surface area (Å²) < 4.78 is 27.8. The molecule has 0 saturated heterocycles.